The molecule has 0 unspecified atom stereocenters. The van der Waals surface area contributed by atoms with Crippen LogP contribution in [0.4, 0.5) is 4.39 Å². The summed E-state index contributed by atoms with van der Waals surface area (Å²) in [6.45, 7) is 6.74. The van der Waals surface area contributed by atoms with Crippen molar-refractivity contribution in [2.24, 2.45) is 0 Å². The van der Waals surface area contributed by atoms with Gasteiger partial charge in [-0.3, -0.25) is 9.48 Å². The van der Waals surface area contributed by atoms with Crippen molar-refractivity contribution in [3.8, 4) is 11.4 Å². The number of fused-ring (bicyclic) bond motifs is 1. The SMILES string of the molecule is CCOC(=O)c1cn(Cc2ccc(-c3nc(C)n(CC)n3)cc2)c2cc(Cl)c(F)cc2c1=O. The van der Waals surface area contributed by atoms with Crippen LogP contribution in [0, 0.1) is 12.7 Å². The minimum Gasteiger partial charge on any atom is -0.462 e. The number of carbonyl (C=O) groups is 1. The number of ether oxygens (including phenoxy) is 1. The van der Waals surface area contributed by atoms with Gasteiger partial charge in [0.15, 0.2) is 5.82 Å². The largest absolute Gasteiger partial charge is 0.462 e. The first-order valence-corrected chi connectivity index (χ1v) is 10.9. The predicted octanol–water partition coefficient (Wildman–Crippen LogP) is 4.61. The highest BCUT2D eigenvalue weighted by atomic mass is 35.5. The Kier molecular flexibility index (Phi) is 6.29. The standard InChI is InChI=1S/C24H22ClFN4O3/c1-4-30-14(3)27-23(28-30)16-8-6-15(7-9-16)12-29-13-18(24(32)33-5-2)22(31)17-10-20(26)19(25)11-21(17)29/h6-11,13H,4-5,12H2,1-3H3. The number of aryl methyl sites for hydroxylation is 2. The normalized spacial score (nSPS) is 11.2. The van der Waals surface area contributed by atoms with E-state index >= 15 is 0 Å². The summed E-state index contributed by atoms with van der Waals surface area (Å²) in [4.78, 5) is 29.7. The van der Waals surface area contributed by atoms with E-state index in [2.05, 4.69) is 10.1 Å². The Morgan fingerprint density at radius 2 is 1.91 bits per heavy atom. The molecule has 0 N–H and O–H groups in total. The highest BCUT2D eigenvalue weighted by Gasteiger charge is 2.18. The molecule has 0 radical (unpaired) electrons. The van der Waals surface area contributed by atoms with Crippen molar-refractivity contribution < 1.29 is 13.9 Å². The Bertz CT molecular complexity index is 1410. The summed E-state index contributed by atoms with van der Waals surface area (Å²) in [6.07, 6.45) is 1.43. The first kappa shape index (κ1) is 22.7. The molecule has 0 aliphatic rings. The van der Waals surface area contributed by atoms with Gasteiger partial charge in [0.2, 0.25) is 5.43 Å². The van der Waals surface area contributed by atoms with E-state index in [0.717, 1.165) is 29.6 Å². The van der Waals surface area contributed by atoms with Crippen LogP contribution in [0.25, 0.3) is 22.3 Å². The zero-order valence-corrected chi connectivity index (χ0v) is 19.2. The molecule has 170 valence electrons. The van der Waals surface area contributed by atoms with Crippen molar-refractivity contribution in [1.29, 1.82) is 0 Å². The van der Waals surface area contributed by atoms with Crippen LogP contribution in [0.1, 0.15) is 35.6 Å². The van der Waals surface area contributed by atoms with Crippen LogP contribution in [-0.2, 0) is 17.8 Å². The fraction of sp³-hybridized carbons (Fsp3) is 0.250. The van der Waals surface area contributed by atoms with Crippen molar-refractivity contribution in [3.05, 3.63) is 80.6 Å². The quantitative estimate of drug-likeness (QED) is 0.386. The minimum absolute atomic E-state index is 0.0591. The number of halogens is 2. The third-order valence-corrected chi connectivity index (χ3v) is 5.63. The van der Waals surface area contributed by atoms with Crippen LogP contribution in [0.2, 0.25) is 5.02 Å². The number of pyridine rings is 1. The number of esters is 1. The molecule has 0 bridgehead atoms. The maximum atomic E-state index is 14.1. The van der Waals surface area contributed by atoms with Gasteiger partial charge in [0.1, 0.15) is 17.2 Å². The molecule has 2 heterocycles. The molecule has 0 fully saturated rings. The molecular formula is C24H22ClFN4O3. The van der Waals surface area contributed by atoms with Crippen LogP contribution in [-0.4, -0.2) is 31.9 Å². The Hall–Kier alpha value is -3.52. The number of hydrogen-bond acceptors (Lipinski definition) is 5. The minimum atomic E-state index is -0.753. The van der Waals surface area contributed by atoms with Crippen molar-refractivity contribution in [3.63, 3.8) is 0 Å². The average Bonchev–Trinajstić information content (AvgIpc) is 3.18. The Morgan fingerprint density at radius 3 is 2.55 bits per heavy atom. The van der Waals surface area contributed by atoms with E-state index in [-0.39, 0.29) is 22.6 Å². The van der Waals surface area contributed by atoms with Crippen LogP contribution < -0.4 is 5.43 Å². The van der Waals surface area contributed by atoms with Crippen molar-refractivity contribution in [1.82, 2.24) is 19.3 Å². The van der Waals surface area contributed by atoms with Crippen LogP contribution in [0.15, 0.2) is 47.4 Å². The summed E-state index contributed by atoms with van der Waals surface area (Å²) in [5, 5.41) is 4.44. The second-order valence-corrected chi connectivity index (χ2v) is 7.91. The third kappa shape index (κ3) is 4.39. The van der Waals surface area contributed by atoms with Crippen LogP contribution >= 0.6 is 11.6 Å². The second kappa shape index (κ2) is 9.15. The van der Waals surface area contributed by atoms with Gasteiger partial charge in [-0.15, -0.1) is 0 Å². The van der Waals surface area contributed by atoms with Gasteiger partial charge < -0.3 is 9.30 Å². The topological polar surface area (TPSA) is 79.0 Å². The lowest BCUT2D eigenvalue weighted by molar-refractivity contribution is 0.0524. The molecule has 0 saturated carbocycles. The Labute approximate surface area is 194 Å². The predicted molar refractivity (Wildman–Crippen MR) is 124 cm³/mol. The highest BCUT2D eigenvalue weighted by molar-refractivity contribution is 6.31. The molecule has 33 heavy (non-hydrogen) atoms. The van der Waals surface area contributed by atoms with E-state index in [9.17, 15) is 14.0 Å². The highest BCUT2D eigenvalue weighted by Crippen LogP contribution is 2.23. The van der Waals surface area contributed by atoms with Crippen molar-refractivity contribution in [2.75, 3.05) is 6.61 Å². The summed E-state index contributed by atoms with van der Waals surface area (Å²) < 4.78 is 22.7. The molecule has 2 aromatic carbocycles. The van der Waals surface area contributed by atoms with Crippen LogP contribution in [0.3, 0.4) is 0 Å². The van der Waals surface area contributed by atoms with Crippen molar-refractivity contribution in [2.45, 2.75) is 33.9 Å². The smallest absolute Gasteiger partial charge is 0.343 e. The summed E-state index contributed by atoms with van der Waals surface area (Å²) in [6, 6.07) is 10.1. The summed E-state index contributed by atoms with van der Waals surface area (Å²) in [5.41, 5.74) is 1.43. The fourth-order valence-corrected chi connectivity index (χ4v) is 3.83. The summed E-state index contributed by atoms with van der Waals surface area (Å²) in [7, 11) is 0. The molecular weight excluding hydrogens is 447 g/mol. The second-order valence-electron chi connectivity index (χ2n) is 7.50. The van der Waals surface area contributed by atoms with Gasteiger partial charge in [-0.25, -0.2) is 14.2 Å². The first-order valence-electron chi connectivity index (χ1n) is 10.5. The van der Waals surface area contributed by atoms with E-state index in [1.165, 1.54) is 12.3 Å². The Balaban J connectivity index is 1.75. The van der Waals surface area contributed by atoms with E-state index in [1.54, 1.807) is 11.5 Å². The molecule has 0 atom stereocenters. The lowest BCUT2D eigenvalue weighted by Crippen LogP contribution is -2.21. The number of benzene rings is 2. The molecule has 9 heteroatoms. The summed E-state index contributed by atoms with van der Waals surface area (Å²) in [5.74, 6) is -0.00206. The van der Waals surface area contributed by atoms with Gasteiger partial charge >= 0.3 is 5.97 Å². The molecule has 0 saturated heterocycles. The van der Waals surface area contributed by atoms with Gasteiger partial charge in [-0.05, 0) is 38.5 Å². The maximum Gasteiger partial charge on any atom is 0.343 e. The molecule has 0 aliphatic heterocycles. The molecule has 2 aromatic heterocycles. The molecule has 7 nitrogen and oxygen atoms in total. The Morgan fingerprint density at radius 1 is 1.18 bits per heavy atom. The number of rotatable bonds is 6. The first-order chi connectivity index (χ1) is 15.8. The number of nitrogens with zero attached hydrogens (tertiary/aromatic N) is 4. The molecule has 0 aliphatic carbocycles. The number of hydrogen-bond donors (Lipinski definition) is 0. The molecule has 4 aromatic rings. The summed E-state index contributed by atoms with van der Waals surface area (Å²) >= 11 is 5.98. The molecule has 4 rings (SSSR count). The maximum absolute atomic E-state index is 14.1. The lowest BCUT2D eigenvalue weighted by Gasteiger charge is -2.14. The van der Waals surface area contributed by atoms with Crippen LogP contribution in [0.5, 0.6) is 0 Å². The van der Waals surface area contributed by atoms with Gasteiger partial charge in [0.05, 0.1) is 17.1 Å². The zero-order chi connectivity index (χ0) is 23.7. The number of aromatic nitrogens is 4. The monoisotopic (exact) mass is 468 g/mol. The van der Waals surface area contributed by atoms with E-state index < -0.39 is 17.2 Å². The van der Waals surface area contributed by atoms with E-state index in [1.807, 2.05) is 42.8 Å². The molecule has 0 spiro atoms. The fourth-order valence-electron chi connectivity index (χ4n) is 3.67. The zero-order valence-electron chi connectivity index (χ0n) is 18.4. The molecule has 0 amide bonds. The van der Waals surface area contributed by atoms with E-state index in [4.69, 9.17) is 16.3 Å². The van der Waals surface area contributed by atoms with Crippen molar-refractivity contribution >= 4 is 28.5 Å². The number of carbonyl (C=O) groups excluding carboxylic acids is 1. The van der Waals surface area contributed by atoms with E-state index in [0.29, 0.717) is 17.9 Å². The lowest BCUT2D eigenvalue weighted by atomic mass is 10.1. The van der Waals surface area contributed by atoms with Gasteiger partial charge in [0, 0.05) is 30.2 Å². The van der Waals surface area contributed by atoms with Gasteiger partial charge in [0.25, 0.3) is 0 Å². The third-order valence-electron chi connectivity index (χ3n) is 5.34. The average molecular weight is 469 g/mol. The van der Waals surface area contributed by atoms with Gasteiger partial charge in [-0.1, -0.05) is 35.9 Å². The van der Waals surface area contributed by atoms with Gasteiger partial charge in [-0.2, -0.15) is 5.10 Å².